The second-order valence-corrected chi connectivity index (χ2v) is 4.84. The molecule has 3 rings (SSSR count). The van der Waals surface area contributed by atoms with Crippen LogP contribution in [0.2, 0.25) is 0 Å². The maximum absolute atomic E-state index is 12.1. The smallest absolute Gasteiger partial charge is 0.170 e. The molecule has 1 heterocycles. The summed E-state index contributed by atoms with van der Waals surface area (Å²) in [6.07, 6.45) is 4.28. The molecular weight excluding hydrogens is 216 g/mol. The highest BCUT2D eigenvalue weighted by atomic mass is 16.5. The molecule has 0 aromatic heterocycles. The van der Waals surface area contributed by atoms with Gasteiger partial charge in [-0.2, -0.15) is 0 Å². The Morgan fingerprint density at radius 3 is 2.82 bits per heavy atom. The van der Waals surface area contributed by atoms with E-state index in [1.54, 1.807) is 13.2 Å². The normalized spacial score (nSPS) is 23.6. The molecule has 1 aliphatic heterocycles. The number of carbonyl (C=O) groups is 1. The van der Waals surface area contributed by atoms with E-state index >= 15 is 0 Å². The average molecular weight is 232 g/mol. The Bertz CT molecular complexity index is 449. The fourth-order valence-corrected chi connectivity index (χ4v) is 2.53. The first-order chi connectivity index (χ1) is 8.28. The van der Waals surface area contributed by atoms with Gasteiger partial charge in [-0.05, 0) is 37.0 Å². The van der Waals surface area contributed by atoms with Gasteiger partial charge in [0.1, 0.15) is 17.6 Å². The van der Waals surface area contributed by atoms with E-state index < -0.39 is 0 Å². The van der Waals surface area contributed by atoms with E-state index in [-0.39, 0.29) is 11.9 Å². The standard InChI is InChI=1S/C14H16O3/c1-16-10-5-6-13-11(7-10)12(15)8-14(17-13)9-3-2-4-9/h5-7,9,14H,2-4,8H2,1H3. The van der Waals surface area contributed by atoms with Crippen LogP contribution in [0.3, 0.4) is 0 Å². The van der Waals surface area contributed by atoms with Crippen molar-refractivity contribution in [1.82, 2.24) is 0 Å². The molecule has 3 heteroatoms. The Balaban J connectivity index is 1.88. The lowest BCUT2D eigenvalue weighted by Gasteiger charge is -2.36. The van der Waals surface area contributed by atoms with Crippen molar-refractivity contribution in [3.05, 3.63) is 23.8 Å². The Hall–Kier alpha value is -1.51. The van der Waals surface area contributed by atoms with Crippen LogP contribution in [-0.2, 0) is 0 Å². The number of Topliss-reactive ketones (excluding diaryl/α,β-unsaturated/α-hetero) is 1. The summed E-state index contributed by atoms with van der Waals surface area (Å²) in [4.78, 5) is 12.1. The van der Waals surface area contributed by atoms with Gasteiger partial charge in [0.25, 0.3) is 0 Å². The van der Waals surface area contributed by atoms with Gasteiger partial charge in [-0.25, -0.2) is 0 Å². The minimum atomic E-state index is 0.0946. The lowest BCUT2D eigenvalue weighted by Crippen LogP contribution is -2.37. The van der Waals surface area contributed by atoms with Gasteiger partial charge in [0.2, 0.25) is 0 Å². The summed E-state index contributed by atoms with van der Waals surface area (Å²) < 4.78 is 11.1. The van der Waals surface area contributed by atoms with Crippen molar-refractivity contribution in [3.63, 3.8) is 0 Å². The Morgan fingerprint density at radius 1 is 1.35 bits per heavy atom. The van der Waals surface area contributed by atoms with Crippen molar-refractivity contribution in [3.8, 4) is 11.5 Å². The molecule has 0 spiro atoms. The number of benzene rings is 1. The molecular formula is C14H16O3. The maximum atomic E-state index is 12.1. The number of hydrogen-bond donors (Lipinski definition) is 0. The third-order valence-electron chi connectivity index (χ3n) is 3.83. The molecule has 90 valence electrons. The van der Waals surface area contributed by atoms with Crippen molar-refractivity contribution in [2.75, 3.05) is 7.11 Å². The largest absolute Gasteiger partial charge is 0.497 e. The molecule has 17 heavy (non-hydrogen) atoms. The molecule has 1 aliphatic carbocycles. The zero-order chi connectivity index (χ0) is 11.8. The zero-order valence-electron chi connectivity index (χ0n) is 9.94. The predicted molar refractivity (Wildman–Crippen MR) is 63.7 cm³/mol. The molecule has 0 bridgehead atoms. The molecule has 1 atom stereocenters. The average Bonchev–Trinajstić information content (AvgIpc) is 2.26. The minimum Gasteiger partial charge on any atom is -0.497 e. The van der Waals surface area contributed by atoms with Crippen molar-refractivity contribution in [2.24, 2.45) is 5.92 Å². The number of fused-ring (bicyclic) bond motifs is 1. The molecule has 0 radical (unpaired) electrons. The third-order valence-corrected chi connectivity index (χ3v) is 3.83. The number of ether oxygens (including phenoxy) is 2. The summed E-state index contributed by atoms with van der Waals surface area (Å²) >= 11 is 0. The van der Waals surface area contributed by atoms with Crippen LogP contribution in [0.25, 0.3) is 0 Å². The van der Waals surface area contributed by atoms with E-state index in [2.05, 4.69) is 0 Å². The Kier molecular flexibility index (Phi) is 2.54. The molecule has 1 aromatic rings. The lowest BCUT2D eigenvalue weighted by atomic mass is 9.78. The van der Waals surface area contributed by atoms with E-state index in [0.717, 1.165) is 5.75 Å². The van der Waals surface area contributed by atoms with Gasteiger partial charge in [-0.1, -0.05) is 6.42 Å². The molecule has 0 amide bonds. The second kappa shape index (κ2) is 4.06. The lowest BCUT2D eigenvalue weighted by molar-refractivity contribution is 0.0546. The fraction of sp³-hybridized carbons (Fsp3) is 0.500. The van der Waals surface area contributed by atoms with Crippen LogP contribution in [0.15, 0.2) is 18.2 Å². The summed E-state index contributed by atoms with van der Waals surface area (Å²) in [7, 11) is 1.60. The Labute approximate surface area is 101 Å². The summed E-state index contributed by atoms with van der Waals surface area (Å²) in [6, 6.07) is 5.46. The first kappa shape index (κ1) is 10.6. The molecule has 1 fully saturated rings. The van der Waals surface area contributed by atoms with Gasteiger partial charge in [-0.15, -0.1) is 0 Å². The topological polar surface area (TPSA) is 35.5 Å². The number of hydrogen-bond acceptors (Lipinski definition) is 3. The van der Waals surface area contributed by atoms with E-state index in [1.165, 1.54) is 19.3 Å². The first-order valence-electron chi connectivity index (χ1n) is 6.16. The summed E-state index contributed by atoms with van der Waals surface area (Å²) in [6.45, 7) is 0. The first-order valence-corrected chi connectivity index (χ1v) is 6.16. The van der Waals surface area contributed by atoms with Gasteiger partial charge >= 0.3 is 0 Å². The second-order valence-electron chi connectivity index (χ2n) is 4.84. The highest BCUT2D eigenvalue weighted by Gasteiger charge is 2.35. The van der Waals surface area contributed by atoms with Crippen LogP contribution in [0.4, 0.5) is 0 Å². The quantitative estimate of drug-likeness (QED) is 0.786. The summed E-state index contributed by atoms with van der Waals surface area (Å²) in [5.74, 6) is 2.19. The summed E-state index contributed by atoms with van der Waals surface area (Å²) in [5.41, 5.74) is 0.667. The van der Waals surface area contributed by atoms with Crippen LogP contribution in [0.5, 0.6) is 11.5 Å². The van der Waals surface area contributed by atoms with E-state index in [9.17, 15) is 4.79 Å². The Morgan fingerprint density at radius 2 is 2.18 bits per heavy atom. The van der Waals surface area contributed by atoms with Crippen LogP contribution >= 0.6 is 0 Å². The van der Waals surface area contributed by atoms with Gasteiger partial charge in [0, 0.05) is 6.42 Å². The van der Waals surface area contributed by atoms with E-state index in [1.807, 2.05) is 12.1 Å². The molecule has 0 saturated heterocycles. The third kappa shape index (κ3) is 1.79. The van der Waals surface area contributed by atoms with Crippen LogP contribution < -0.4 is 9.47 Å². The van der Waals surface area contributed by atoms with E-state index in [4.69, 9.17) is 9.47 Å². The number of methoxy groups -OCH3 is 1. The molecule has 1 unspecified atom stereocenters. The predicted octanol–water partition coefficient (Wildman–Crippen LogP) is 2.83. The maximum Gasteiger partial charge on any atom is 0.170 e. The van der Waals surface area contributed by atoms with Crippen molar-refractivity contribution in [2.45, 2.75) is 31.8 Å². The van der Waals surface area contributed by atoms with Crippen LogP contribution in [0, 0.1) is 5.92 Å². The van der Waals surface area contributed by atoms with Crippen molar-refractivity contribution >= 4 is 5.78 Å². The molecule has 1 saturated carbocycles. The highest BCUT2D eigenvalue weighted by Crippen LogP contribution is 2.38. The SMILES string of the molecule is COc1ccc2c(c1)C(=O)CC(C1CCC1)O2. The molecule has 2 aliphatic rings. The van der Waals surface area contributed by atoms with Gasteiger partial charge < -0.3 is 9.47 Å². The molecule has 0 N–H and O–H groups in total. The van der Waals surface area contributed by atoms with Crippen LogP contribution in [-0.4, -0.2) is 19.0 Å². The molecule has 1 aromatic carbocycles. The van der Waals surface area contributed by atoms with Crippen molar-refractivity contribution in [1.29, 1.82) is 0 Å². The zero-order valence-corrected chi connectivity index (χ0v) is 9.94. The van der Waals surface area contributed by atoms with Gasteiger partial charge in [-0.3, -0.25) is 4.79 Å². The van der Waals surface area contributed by atoms with Gasteiger partial charge in [0.15, 0.2) is 5.78 Å². The van der Waals surface area contributed by atoms with Gasteiger partial charge in [0.05, 0.1) is 12.7 Å². The summed E-state index contributed by atoms with van der Waals surface area (Å²) in [5, 5.41) is 0. The molecule has 3 nitrogen and oxygen atoms in total. The van der Waals surface area contributed by atoms with E-state index in [0.29, 0.717) is 23.7 Å². The van der Waals surface area contributed by atoms with Crippen LogP contribution in [0.1, 0.15) is 36.0 Å². The monoisotopic (exact) mass is 232 g/mol. The minimum absolute atomic E-state index is 0.0946. The van der Waals surface area contributed by atoms with Crippen molar-refractivity contribution < 1.29 is 14.3 Å². The number of rotatable bonds is 2. The fourth-order valence-electron chi connectivity index (χ4n) is 2.53. The number of ketones is 1. The number of carbonyl (C=O) groups excluding carboxylic acids is 1. The highest BCUT2D eigenvalue weighted by molar-refractivity contribution is 6.00.